The van der Waals surface area contributed by atoms with E-state index in [9.17, 15) is 5.11 Å². The Morgan fingerprint density at radius 3 is 2.65 bits per heavy atom. The summed E-state index contributed by atoms with van der Waals surface area (Å²) in [5.41, 5.74) is 2.11. The Labute approximate surface area is 152 Å². The molecule has 0 aliphatic heterocycles. The summed E-state index contributed by atoms with van der Waals surface area (Å²) in [5, 5.41) is 19.7. The summed E-state index contributed by atoms with van der Waals surface area (Å²) in [4.78, 5) is 17.1. The number of pyridine rings is 1. The van der Waals surface area contributed by atoms with Gasteiger partial charge >= 0.3 is 0 Å². The Balaban J connectivity index is 1.79. The van der Waals surface area contributed by atoms with Gasteiger partial charge in [-0.3, -0.25) is 4.98 Å². The van der Waals surface area contributed by atoms with Gasteiger partial charge in [0.15, 0.2) is 0 Å². The second-order valence-electron chi connectivity index (χ2n) is 6.28. The molecular formula is C19H23N5O2. The van der Waals surface area contributed by atoms with Gasteiger partial charge in [-0.2, -0.15) is 4.98 Å². The number of anilines is 2. The highest BCUT2D eigenvalue weighted by atomic mass is 16.3. The van der Waals surface area contributed by atoms with Crippen LogP contribution < -0.4 is 9.80 Å². The second kappa shape index (κ2) is 8.07. The lowest BCUT2D eigenvalue weighted by atomic mass is 10.1. The third-order valence-corrected chi connectivity index (χ3v) is 4.20. The van der Waals surface area contributed by atoms with Crippen LogP contribution in [0.5, 0.6) is 0 Å². The van der Waals surface area contributed by atoms with E-state index in [0.717, 1.165) is 16.5 Å². The number of hydrogen-bond acceptors (Lipinski definition) is 7. The molecule has 136 valence electrons. The molecule has 7 nitrogen and oxygen atoms in total. The van der Waals surface area contributed by atoms with Gasteiger partial charge in [-0.05, 0) is 23.8 Å². The van der Waals surface area contributed by atoms with E-state index in [4.69, 9.17) is 5.11 Å². The molecular weight excluding hydrogens is 330 g/mol. The van der Waals surface area contributed by atoms with E-state index < -0.39 is 6.10 Å². The van der Waals surface area contributed by atoms with Crippen LogP contribution in [0.1, 0.15) is 5.56 Å². The van der Waals surface area contributed by atoms with Crippen molar-refractivity contribution in [1.29, 1.82) is 0 Å². The maximum absolute atomic E-state index is 9.61. The fraction of sp³-hybridized carbons (Fsp3) is 0.316. The number of aromatic nitrogens is 3. The molecule has 2 aromatic heterocycles. The van der Waals surface area contributed by atoms with Crippen molar-refractivity contribution in [2.75, 3.05) is 37.0 Å². The summed E-state index contributed by atoms with van der Waals surface area (Å²) in [6, 6.07) is 11.9. The van der Waals surface area contributed by atoms with Crippen molar-refractivity contribution in [1.82, 2.24) is 15.0 Å². The standard InChI is InChI=1S/C19H23N5O2/c1-23(12-15(26)13-25)18-8-10-21-19(22-18)24(2)11-14-5-3-7-17-16(14)6-4-9-20-17/h3-10,15,25-26H,11-13H2,1-2H3/t15-/m0/s1. The molecule has 0 radical (unpaired) electrons. The smallest absolute Gasteiger partial charge is 0.227 e. The SMILES string of the molecule is CN(C[C@H](O)CO)c1ccnc(N(C)Cc2cccc3ncccc23)n1. The monoisotopic (exact) mass is 353 g/mol. The molecule has 0 aliphatic rings. The maximum atomic E-state index is 9.61. The minimum absolute atomic E-state index is 0.280. The number of fused-ring (bicyclic) bond motifs is 1. The molecule has 2 N–H and O–H groups in total. The van der Waals surface area contributed by atoms with Crippen LogP contribution in [0, 0.1) is 0 Å². The fourth-order valence-corrected chi connectivity index (χ4v) is 2.83. The van der Waals surface area contributed by atoms with Crippen LogP contribution in [0.25, 0.3) is 10.9 Å². The van der Waals surface area contributed by atoms with Gasteiger partial charge in [-0.25, -0.2) is 4.98 Å². The van der Waals surface area contributed by atoms with Crippen LogP contribution in [0.15, 0.2) is 48.8 Å². The van der Waals surface area contributed by atoms with E-state index in [1.54, 1.807) is 23.4 Å². The molecule has 0 bridgehead atoms. The normalized spacial score (nSPS) is 12.2. The molecule has 0 aliphatic carbocycles. The average Bonchev–Trinajstić information content (AvgIpc) is 2.68. The van der Waals surface area contributed by atoms with Crippen molar-refractivity contribution in [2.24, 2.45) is 0 Å². The largest absolute Gasteiger partial charge is 0.394 e. The van der Waals surface area contributed by atoms with Crippen molar-refractivity contribution in [3.05, 3.63) is 54.4 Å². The van der Waals surface area contributed by atoms with Gasteiger partial charge in [0.05, 0.1) is 18.2 Å². The number of hydrogen-bond donors (Lipinski definition) is 2. The van der Waals surface area contributed by atoms with E-state index in [0.29, 0.717) is 24.9 Å². The van der Waals surface area contributed by atoms with Crippen molar-refractivity contribution in [2.45, 2.75) is 12.6 Å². The Kier molecular flexibility index (Phi) is 5.60. The first-order valence-corrected chi connectivity index (χ1v) is 8.45. The zero-order valence-electron chi connectivity index (χ0n) is 14.9. The molecule has 1 aromatic carbocycles. The van der Waals surface area contributed by atoms with E-state index in [1.807, 2.05) is 37.2 Å². The number of rotatable bonds is 7. The molecule has 2 heterocycles. The lowest BCUT2D eigenvalue weighted by molar-refractivity contribution is 0.101. The third kappa shape index (κ3) is 4.07. The van der Waals surface area contributed by atoms with Crippen molar-refractivity contribution in [3.63, 3.8) is 0 Å². The predicted molar refractivity (Wildman–Crippen MR) is 102 cm³/mol. The number of aliphatic hydroxyl groups is 2. The van der Waals surface area contributed by atoms with Crippen molar-refractivity contribution < 1.29 is 10.2 Å². The van der Waals surface area contributed by atoms with Crippen molar-refractivity contribution >= 4 is 22.7 Å². The first kappa shape index (κ1) is 18.0. The summed E-state index contributed by atoms with van der Waals surface area (Å²) in [7, 11) is 3.76. The molecule has 0 unspecified atom stereocenters. The van der Waals surface area contributed by atoms with Gasteiger partial charge in [-0.15, -0.1) is 0 Å². The molecule has 0 amide bonds. The zero-order valence-corrected chi connectivity index (χ0v) is 14.9. The Hall–Kier alpha value is -2.77. The van der Waals surface area contributed by atoms with Crippen LogP contribution in [-0.2, 0) is 6.54 Å². The topological polar surface area (TPSA) is 85.6 Å². The molecule has 0 saturated carbocycles. The Bertz CT molecular complexity index is 868. The van der Waals surface area contributed by atoms with Gasteiger partial charge in [0.25, 0.3) is 0 Å². The first-order valence-electron chi connectivity index (χ1n) is 8.45. The first-order chi connectivity index (χ1) is 12.6. The third-order valence-electron chi connectivity index (χ3n) is 4.20. The van der Waals surface area contributed by atoms with Gasteiger partial charge in [0.2, 0.25) is 5.95 Å². The molecule has 7 heteroatoms. The fourth-order valence-electron chi connectivity index (χ4n) is 2.83. The quantitative estimate of drug-likeness (QED) is 0.665. The second-order valence-corrected chi connectivity index (χ2v) is 6.28. The summed E-state index contributed by atoms with van der Waals surface area (Å²) < 4.78 is 0. The molecule has 1 atom stereocenters. The lowest BCUT2D eigenvalue weighted by Crippen LogP contribution is -2.32. The molecule has 0 fully saturated rings. The number of likely N-dealkylation sites (N-methyl/N-ethyl adjacent to an activating group) is 1. The maximum Gasteiger partial charge on any atom is 0.227 e. The summed E-state index contributed by atoms with van der Waals surface area (Å²) in [6.45, 7) is 0.665. The van der Waals surface area contributed by atoms with Crippen LogP contribution >= 0.6 is 0 Å². The minimum Gasteiger partial charge on any atom is -0.394 e. The highest BCUT2D eigenvalue weighted by Crippen LogP contribution is 2.20. The van der Waals surface area contributed by atoms with E-state index in [1.165, 1.54) is 0 Å². The molecule has 0 spiro atoms. The molecule has 26 heavy (non-hydrogen) atoms. The molecule has 3 aromatic rings. The van der Waals surface area contributed by atoms with E-state index in [-0.39, 0.29) is 6.61 Å². The van der Waals surface area contributed by atoms with E-state index in [2.05, 4.69) is 27.1 Å². The molecule has 0 saturated heterocycles. The predicted octanol–water partition coefficient (Wildman–Crippen LogP) is 1.45. The van der Waals surface area contributed by atoms with Crippen molar-refractivity contribution in [3.8, 4) is 0 Å². The summed E-state index contributed by atoms with van der Waals surface area (Å²) >= 11 is 0. The summed E-state index contributed by atoms with van der Waals surface area (Å²) in [5.74, 6) is 1.28. The highest BCUT2D eigenvalue weighted by Gasteiger charge is 2.12. The number of aliphatic hydroxyl groups excluding tert-OH is 2. The Morgan fingerprint density at radius 2 is 1.85 bits per heavy atom. The van der Waals surface area contributed by atoms with Gasteiger partial charge in [0.1, 0.15) is 5.82 Å². The number of nitrogens with zero attached hydrogens (tertiary/aromatic N) is 5. The van der Waals surface area contributed by atoms with Gasteiger partial charge < -0.3 is 20.0 Å². The van der Waals surface area contributed by atoms with Crippen LogP contribution in [0.3, 0.4) is 0 Å². The van der Waals surface area contributed by atoms with Gasteiger partial charge in [0, 0.05) is 45.0 Å². The Morgan fingerprint density at radius 1 is 1.00 bits per heavy atom. The lowest BCUT2D eigenvalue weighted by Gasteiger charge is -2.23. The zero-order chi connectivity index (χ0) is 18.5. The van der Waals surface area contributed by atoms with E-state index >= 15 is 0 Å². The highest BCUT2D eigenvalue weighted by molar-refractivity contribution is 5.82. The average molecular weight is 353 g/mol. The van der Waals surface area contributed by atoms with Gasteiger partial charge in [-0.1, -0.05) is 18.2 Å². The minimum atomic E-state index is -0.806. The number of benzene rings is 1. The van der Waals surface area contributed by atoms with Crippen LogP contribution in [-0.4, -0.2) is 58.5 Å². The van der Waals surface area contributed by atoms with Crippen LogP contribution in [0.2, 0.25) is 0 Å². The molecule has 3 rings (SSSR count). The van der Waals surface area contributed by atoms with Crippen LogP contribution in [0.4, 0.5) is 11.8 Å². The summed E-state index contributed by atoms with van der Waals surface area (Å²) in [6.07, 6.45) is 2.68.